The minimum absolute atomic E-state index is 0.170. The molecule has 2 aromatic carbocycles. The number of hydrogen-bond acceptors (Lipinski definition) is 3. The van der Waals surface area contributed by atoms with Gasteiger partial charge in [0.05, 0.1) is 6.54 Å². The number of piperidine rings is 1. The van der Waals surface area contributed by atoms with E-state index in [1.165, 1.54) is 6.42 Å². The Bertz CT molecular complexity index is 816. The molecule has 2 heterocycles. The molecule has 0 aliphatic carbocycles. The number of benzene rings is 2. The molecule has 2 fully saturated rings. The maximum Gasteiger partial charge on any atom is 0.253 e. The number of carbonyl (C=O) groups is 2. The molecule has 2 aliphatic rings. The molecule has 5 heteroatoms. The van der Waals surface area contributed by atoms with Crippen molar-refractivity contribution in [2.75, 3.05) is 31.6 Å². The molecular formula is C28H43N3O2. The highest BCUT2D eigenvalue weighted by molar-refractivity contribution is 5.94. The molecule has 0 aromatic heterocycles. The lowest BCUT2D eigenvalue weighted by atomic mass is 10.1. The van der Waals surface area contributed by atoms with E-state index in [1.54, 1.807) is 4.90 Å². The van der Waals surface area contributed by atoms with Crippen molar-refractivity contribution in [3.8, 4) is 0 Å². The van der Waals surface area contributed by atoms with Gasteiger partial charge in [-0.05, 0) is 57.4 Å². The van der Waals surface area contributed by atoms with Crippen molar-refractivity contribution >= 4 is 17.5 Å². The SMILES string of the molecule is CC.CC.CN1C(=O)CN(c2ccccc2)C1(C)C.O=C(c1ccccc1)N1CCCCC1. The van der Waals surface area contributed by atoms with Crippen molar-refractivity contribution in [3.63, 3.8) is 0 Å². The van der Waals surface area contributed by atoms with E-state index in [2.05, 4.69) is 18.7 Å². The number of rotatable bonds is 2. The third-order valence-corrected chi connectivity index (χ3v) is 5.88. The topological polar surface area (TPSA) is 43.9 Å². The molecule has 0 bridgehead atoms. The Labute approximate surface area is 201 Å². The van der Waals surface area contributed by atoms with Crippen LogP contribution in [0.1, 0.15) is 71.2 Å². The summed E-state index contributed by atoms with van der Waals surface area (Å²) in [6.45, 7) is 14.4. The third-order valence-electron chi connectivity index (χ3n) is 5.88. The average Bonchev–Trinajstić information content (AvgIpc) is 3.10. The van der Waals surface area contributed by atoms with E-state index < -0.39 is 0 Å². The van der Waals surface area contributed by atoms with Crippen molar-refractivity contribution in [2.24, 2.45) is 0 Å². The second-order valence-corrected chi connectivity index (χ2v) is 8.09. The molecule has 2 saturated heterocycles. The zero-order chi connectivity index (χ0) is 24.9. The number of nitrogens with zero attached hydrogens (tertiary/aromatic N) is 3. The van der Waals surface area contributed by atoms with Crippen molar-refractivity contribution in [3.05, 3.63) is 66.2 Å². The Hall–Kier alpha value is -2.82. The molecule has 2 aromatic rings. The molecule has 182 valence electrons. The van der Waals surface area contributed by atoms with Crippen molar-refractivity contribution < 1.29 is 9.59 Å². The number of likely N-dealkylation sites (N-methyl/N-ethyl adjacent to an activating group) is 1. The monoisotopic (exact) mass is 453 g/mol. The lowest BCUT2D eigenvalue weighted by molar-refractivity contribution is -0.128. The second kappa shape index (κ2) is 14.4. The fourth-order valence-corrected chi connectivity index (χ4v) is 3.80. The van der Waals surface area contributed by atoms with E-state index in [4.69, 9.17) is 0 Å². The van der Waals surface area contributed by atoms with E-state index in [0.29, 0.717) is 6.54 Å². The molecule has 0 N–H and O–H groups in total. The zero-order valence-electron chi connectivity index (χ0n) is 21.7. The number of likely N-dealkylation sites (tertiary alicyclic amines) is 1. The first-order valence-corrected chi connectivity index (χ1v) is 12.3. The van der Waals surface area contributed by atoms with Gasteiger partial charge in [-0.15, -0.1) is 0 Å². The molecule has 2 aliphatic heterocycles. The molecule has 33 heavy (non-hydrogen) atoms. The number of hydrogen-bond donors (Lipinski definition) is 0. The van der Waals surface area contributed by atoms with Gasteiger partial charge in [0.2, 0.25) is 5.91 Å². The summed E-state index contributed by atoms with van der Waals surface area (Å²) in [4.78, 5) is 29.5. The van der Waals surface area contributed by atoms with Crippen LogP contribution in [0.25, 0.3) is 0 Å². The van der Waals surface area contributed by atoms with E-state index in [9.17, 15) is 9.59 Å². The Morgan fingerprint density at radius 1 is 0.788 bits per heavy atom. The fraction of sp³-hybridized carbons (Fsp3) is 0.500. The van der Waals surface area contributed by atoms with Crippen LogP contribution >= 0.6 is 0 Å². The summed E-state index contributed by atoms with van der Waals surface area (Å²) in [5.41, 5.74) is 1.67. The van der Waals surface area contributed by atoms with Crippen LogP contribution < -0.4 is 4.90 Å². The first kappa shape index (κ1) is 28.2. The number of para-hydroxylation sites is 1. The van der Waals surface area contributed by atoms with Gasteiger partial charge < -0.3 is 14.7 Å². The van der Waals surface area contributed by atoms with Crippen molar-refractivity contribution in [2.45, 2.75) is 66.5 Å². The number of amides is 2. The lowest BCUT2D eigenvalue weighted by Crippen LogP contribution is -2.47. The van der Waals surface area contributed by atoms with Crippen LogP contribution in [0.5, 0.6) is 0 Å². The molecule has 0 spiro atoms. The first-order chi connectivity index (χ1) is 15.9. The van der Waals surface area contributed by atoms with Crippen LogP contribution in [-0.2, 0) is 4.79 Å². The molecule has 5 nitrogen and oxygen atoms in total. The van der Waals surface area contributed by atoms with Gasteiger partial charge >= 0.3 is 0 Å². The summed E-state index contributed by atoms with van der Waals surface area (Å²) < 4.78 is 0. The molecule has 0 unspecified atom stereocenters. The maximum atomic E-state index is 11.9. The van der Waals surface area contributed by atoms with E-state index in [0.717, 1.165) is 37.2 Å². The predicted molar refractivity (Wildman–Crippen MR) is 140 cm³/mol. The van der Waals surface area contributed by atoms with Crippen LogP contribution in [-0.4, -0.2) is 54.0 Å². The van der Waals surface area contributed by atoms with Crippen LogP contribution in [0.4, 0.5) is 5.69 Å². The number of carbonyl (C=O) groups excluding carboxylic acids is 2. The molecule has 0 saturated carbocycles. The summed E-state index contributed by atoms with van der Waals surface area (Å²) in [5.74, 6) is 0.356. The Morgan fingerprint density at radius 3 is 1.73 bits per heavy atom. The minimum atomic E-state index is -0.238. The van der Waals surface area contributed by atoms with Crippen LogP contribution in [0.2, 0.25) is 0 Å². The second-order valence-electron chi connectivity index (χ2n) is 8.09. The minimum Gasteiger partial charge on any atom is -0.340 e. The third kappa shape index (κ3) is 7.62. The summed E-state index contributed by atoms with van der Waals surface area (Å²) in [6.07, 6.45) is 3.57. The van der Waals surface area contributed by atoms with Gasteiger partial charge in [0, 0.05) is 31.4 Å². The van der Waals surface area contributed by atoms with Gasteiger partial charge in [-0.1, -0.05) is 64.1 Å². The largest absolute Gasteiger partial charge is 0.340 e. The Kier molecular flexibility index (Phi) is 12.3. The quantitative estimate of drug-likeness (QED) is 0.555. The highest BCUT2D eigenvalue weighted by Crippen LogP contribution is 2.30. The summed E-state index contributed by atoms with van der Waals surface area (Å²) in [7, 11) is 1.85. The van der Waals surface area contributed by atoms with E-state index >= 15 is 0 Å². The van der Waals surface area contributed by atoms with Crippen LogP contribution in [0.3, 0.4) is 0 Å². The standard InChI is InChI=1S/C12H16N2O.C12H15NO.2C2H6/c1-12(2)13(3)11(15)9-14(12)10-7-5-4-6-8-10;14-12(11-7-3-1-4-8-11)13-9-5-2-6-10-13;2*1-2/h4-8H,9H2,1-3H3;1,3-4,7-8H,2,5-6,9-10H2;2*1-2H3. The molecule has 0 atom stereocenters. The summed E-state index contributed by atoms with van der Waals surface area (Å²) >= 11 is 0. The van der Waals surface area contributed by atoms with Gasteiger partial charge in [0.15, 0.2) is 0 Å². The Balaban J connectivity index is 0.000000288. The Morgan fingerprint density at radius 2 is 1.27 bits per heavy atom. The maximum absolute atomic E-state index is 11.9. The highest BCUT2D eigenvalue weighted by atomic mass is 16.2. The smallest absolute Gasteiger partial charge is 0.253 e. The first-order valence-electron chi connectivity index (χ1n) is 12.3. The summed E-state index contributed by atoms with van der Waals surface area (Å²) in [6, 6.07) is 19.6. The molecule has 0 radical (unpaired) electrons. The molecule has 2 amide bonds. The van der Waals surface area contributed by atoms with Gasteiger partial charge in [-0.25, -0.2) is 0 Å². The average molecular weight is 454 g/mol. The van der Waals surface area contributed by atoms with Gasteiger partial charge in [-0.2, -0.15) is 0 Å². The highest BCUT2D eigenvalue weighted by Gasteiger charge is 2.41. The fourth-order valence-electron chi connectivity index (χ4n) is 3.80. The van der Waals surface area contributed by atoms with Gasteiger partial charge in [0.1, 0.15) is 5.66 Å². The van der Waals surface area contributed by atoms with E-state index in [-0.39, 0.29) is 17.5 Å². The molecule has 4 rings (SSSR count). The van der Waals surface area contributed by atoms with Gasteiger partial charge in [-0.3, -0.25) is 9.59 Å². The predicted octanol–water partition coefficient (Wildman–Crippen LogP) is 6.07. The molecular weight excluding hydrogens is 410 g/mol. The summed E-state index contributed by atoms with van der Waals surface area (Å²) in [5, 5.41) is 0. The van der Waals surface area contributed by atoms with Crippen LogP contribution in [0, 0.1) is 0 Å². The van der Waals surface area contributed by atoms with Gasteiger partial charge in [0.25, 0.3) is 5.91 Å². The number of anilines is 1. The zero-order valence-corrected chi connectivity index (χ0v) is 21.7. The van der Waals surface area contributed by atoms with E-state index in [1.807, 2.05) is 100 Å². The van der Waals surface area contributed by atoms with Crippen molar-refractivity contribution in [1.29, 1.82) is 0 Å². The lowest BCUT2D eigenvalue weighted by Gasteiger charge is -2.36. The van der Waals surface area contributed by atoms with Crippen LogP contribution in [0.15, 0.2) is 60.7 Å². The van der Waals surface area contributed by atoms with Crippen molar-refractivity contribution in [1.82, 2.24) is 9.80 Å². The normalized spacial score (nSPS) is 16.5.